The van der Waals surface area contributed by atoms with Gasteiger partial charge in [0.05, 0.1) is 17.4 Å². The number of nitrogens with one attached hydrogen (secondary N) is 1. The van der Waals surface area contributed by atoms with Gasteiger partial charge >= 0.3 is 0 Å². The van der Waals surface area contributed by atoms with Crippen molar-refractivity contribution in [1.29, 1.82) is 0 Å². The number of rotatable bonds is 7. The van der Waals surface area contributed by atoms with Gasteiger partial charge in [-0.1, -0.05) is 18.2 Å². The number of nitrogens with zero attached hydrogens (tertiary/aromatic N) is 1. The number of benzene rings is 1. The third kappa shape index (κ3) is 5.48. The average Bonchev–Trinajstić information content (AvgIpc) is 3.15. The lowest BCUT2D eigenvalue weighted by molar-refractivity contribution is -0.121. The summed E-state index contributed by atoms with van der Waals surface area (Å²) < 4.78 is 23.1. The van der Waals surface area contributed by atoms with Crippen LogP contribution in [-0.4, -0.2) is 25.6 Å². The van der Waals surface area contributed by atoms with Gasteiger partial charge in [-0.05, 0) is 58.1 Å². The summed E-state index contributed by atoms with van der Waals surface area (Å²) in [4.78, 5) is 17.0. The van der Waals surface area contributed by atoms with Crippen molar-refractivity contribution in [3.05, 3.63) is 82.3 Å². The fraction of sp³-hybridized carbons (Fsp3) is 0.200. The van der Waals surface area contributed by atoms with Crippen molar-refractivity contribution < 1.29 is 13.2 Å². The number of pyridine rings is 1. The molecule has 27 heavy (non-hydrogen) atoms. The molecule has 2 heterocycles. The van der Waals surface area contributed by atoms with Crippen LogP contribution in [0.15, 0.2) is 70.5 Å². The Morgan fingerprint density at radius 2 is 1.93 bits per heavy atom. The lowest BCUT2D eigenvalue weighted by atomic mass is 10.0. The van der Waals surface area contributed by atoms with Gasteiger partial charge in [0, 0.05) is 18.6 Å². The van der Waals surface area contributed by atoms with E-state index >= 15 is 0 Å². The number of thiophene rings is 1. The largest absolute Gasteiger partial charge is 0.349 e. The number of amides is 1. The van der Waals surface area contributed by atoms with Crippen LogP contribution in [0.5, 0.6) is 0 Å². The summed E-state index contributed by atoms with van der Waals surface area (Å²) in [6, 6.07) is 12.1. The zero-order chi connectivity index (χ0) is 19.3. The molecule has 3 aromatic rings. The molecule has 5 nitrogen and oxygen atoms in total. The first-order valence-corrected chi connectivity index (χ1v) is 11.2. The molecule has 0 radical (unpaired) electrons. The molecule has 7 heteroatoms. The molecule has 3 rings (SSSR count). The van der Waals surface area contributed by atoms with E-state index in [0.717, 1.165) is 22.9 Å². The van der Waals surface area contributed by atoms with Gasteiger partial charge in [-0.15, -0.1) is 0 Å². The van der Waals surface area contributed by atoms with Gasteiger partial charge < -0.3 is 5.32 Å². The standard InChI is InChI=1S/C20H20N2O3S2/c1-27(24,25)18-6-4-15(5-7-18)12-20(23)22-19(11-16-8-10-26-14-16)17-3-2-9-21-13-17/h2-10,13-14,19H,11-12H2,1H3,(H,22,23). The van der Waals surface area contributed by atoms with Crippen LogP contribution < -0.4 is 5.32 Å². The highest BCUT2D eigenvalue weighted by molar-refractivity contribution is 7.90. The minimum atomic E-state index is -3.24. The summed E-state index contributed by atoms with van der Waals surface area (Å²) in [7, 11) is -3.24. The van der Waals surface area contributed by atoms with E-state index in [2.05, 4.69) is 15.7 Å². The third-order valence-corrected chi connectivity index (χ3v) is 6.02. The molecule has 140 valence electrons. The fourth-order valence-corrected chi connectivity index (χ4v) is 4.08. The Balaban J connectivity index is 1.70. The van der Waals surface area contributed by atoms with E-state index in [0.29, 0.717) is 6.42 Å². The molecule has 0 aliphatic carbocycles. The Hall–Kier alpha value is -2.51. The van der Waals surface area contributed by atoms with E-state index in [-0.39, 0.29) is 23.3 Å². The summed E-state index contributed by atoms with van der Waals surface area (Å²) in [5.74, 6) is -0.119. The third-order valence-electron chi connectivity index (χ3n) is 4.16. The van der Waals surface area contributed by atoms with E-state index in [1.807, 2.05) is 23.6 Å². The number of aromatic nitrogens is 1. The molecule has 1 aromatic carbocycles. The highest BCUT2D eigenvalue weighted by Crippen LogP contribution is 2.20. The van der Waals surface area contributed by atoms with E-state index in [1.54, 1.807) is 35.9 Å². The molecule has 0 saturated heterocycles. The van der Waals surface area contributed by atoms with Crippen LogP contribution in [0, 0.1) is 0 Å². The van der Waals surface area contributed by atoms with Gasteiger partial charge in [0.1, 0.15) is 0 Å². The number of carbonyl (C=O) groups is 1. The molecular weight excluding hydrogens is 380 g/mol. The molecule has 1 amide bonds. The van der Waals surface area contributed by atoms with E-state index in [9.17, 15) is 13.2 Å². The number of hydrogen-bond donors (Lipinski definition) is 1. The molecule has 1 atom stereocenters. The second kappa shape index (κ2) is 8.45. The summed E-state index contributed by atoms with van der Waals surface area (Å²) in [6.45, 7) is 0. The molecule has 2 aromatic heterocycles. The quantitative estimate of drug-likeness (QED) is 0.661. The van der Waals surface area contributed by atoms with Crippen LogP contribution in [0.4, 0.5) is 0 Å². The zero-order valence-electron chi connectivity index (χ0n) is 14.8. The predicted molar refractivity (Wildman–Crippen MR) is 106 cm³/mol. The Morgan fingerprint density at radius 1 is 1.15 bits per heavy atom. The zero-order valence-corrected chi connectivity index (χ0v) is 16.5. The lowest BCUT2D eigenvalue weighted by Crippen LogP contribution is -2.31. The van der Waals surface area contributed by atoms with Crippen molar-refractivity contribution in [2.75, 3.05) is 6.26 Å². The SMILES string of the molecule is CS(=O)(=O)c1ccc(CC(=O)NC(Cc2ccsc2)c2cccnc2)cc1. The Labute approximate surface area is 163 Å². The van der Waals surface area contributed by atoms with Crippen LogP contribution in [0.2, 0.25) is 0 Å². The predicted octanol–water partition coefficient (Wildman–Crippen LogP) is 3.19. The summed E-state index contributed by atoms with van der Waals surface area (Å²) in [6.07, 6.45) is 5.50. The van der Waals surface area contributed by atoms with Crippen molar-refractivity contribution in [3.8, 4) is 0 Å². The van der Waals surface area contributed by atoms with Gasteiger partial charge in [0.15, 0.2) is 9.84 Å². The minimum Gasteiger partial charge on any atom is -0.349 e. The normalized spacial score (nSPS) is 12.5. The lowest BCUT2D eigenvalue weighted by Gasteiger charge is -2.18. The Morgan fingerprint density at radius 3 is 2.52 bits per heavy atom. The van der Waals surface area contributed by atoms with E-state index < -0.39 is 9.84 Å². The summed E-state index contributed by atoms with van der Waals surface area (Å²) in [5, 5.41) is 7.16. The van der Waals surface area contributed by atoms with Gasteiger partial charge in [-0.2, -0.15) is 11.3 Å². The number of hydrogen-bond acceptors (Lipinski definition) is 5. The van der Waals surface area contributed by atoms with Gasteiger partial charge in [0.2, 0.25) is 5.91 Å². The number of carbonyl (C=O) groups excluding carboxylic acids is 1. The average molecular weight is 401 g/mol. The van der Waals surface area contributed by atoms with Gasteiger partial charge in [-0.25, -0.2) is 8.42 Å². The fourth-order valence-electron chi connectivity index (χ4n) is 2.76. The van der Waals surface area contributed by atoms with Crippen LogP contribution in [-0.2, 0) is 27.5 Å². The first-order chi connectivity index (χ1) is 12.9. The Kier molecular flexibility index (Phi) is 6.03. The van der Waals surface area contributed by atoms with Crippen molar-refractivity contribution in [2.24, 2.45) is 0 Å². The van der Waals surface area contributed by atoms with Crippen LogP contribution in [0.25, 0.3) is 0 Å². The van der Waals surface area contributed by atoms with Crippen molar-refractivity contribution >= 4 is 27.1 Å². The maximum Gasteiger partial charge on any atom is 0.224 e. The Bertz CT molecular complexity index is 983. The monoisotopic (exact) mass is 400 g/mol. The van der Waals surface area contributed by atoms with Crippen molar-refractivity contribution in [3.63, 3.8) is 0 Å². The van der Waals surface area contributed by atoms with Crippen LogP contribution >= 0.6 is 11.3 Å². The molecule has 0 fully saturated rings. The smallest absolute Gasteiger partial charge is 0.224 e. The molecular formula is C20H20N2O3S2. The van der Waals surface area contributed by atoms with E-state index in [4.69, 9.17) is 0 Å². The molecule has 0 aliphatic rings. The van der Waals surface area contributed by atoms with Crippen molar-refractivity contribution in [1.82, 2.24) is 10.3 Å². The molecule has 0 spiro atoms. The second-order valence-electron chi connectivity index (χ2n) is 6.34. The molecule has 1 unspecified atom stereocenters. The maximum atomic E-state index is 12.6. The first kappa shape index (κ1) is 19.3. The van der Waals surface area contributed by atoms with Crippen molar-refractivity contribution in [2.45, 2.75) is 23.8 Å². The topological polar surface area (TPSA) is 76.1 Å². The maximum absolute atomic E-state index is 12.6. The molecule has 0 aliphatic heterocycles. The number of sulfone groups is 1. The molecule has 0 bridgehead atoms. The molecule has 1 N–H and O–H groups in total. The highest BCUT2D eigenvalue weighted by Gasteiger charge is 2.16. The molecule has 0 saturated carbocycles. The summed E-state index contributed by atoms with van der Waals surface area (Å²) >= 11 is 1.62. The summed E-state index contributed by atoms with van der Waals surface area (Å²) in [5.41, 5.74) is 2.87. The van der Waals surface area contributed by atoms with Gasteiger partial charge in [-0.3, -0.25) is 9.78 Å². The highest BCUT2D eigenvalue weighted by atomic mass is 32.2. The van der Waals surface area contributed by atoms with Gasteiger partial charge in [0.25, 0.3) is 0 Å². The van der Waals surface area contributed by atoms with Crippen LogP contribution in [0.1, 0.15) is 22.7 Å². The van der Waals surface area contributed by atoms with Crippen LogP contribution in [0.3, 0.4) is 0 Å². The minimum absolute atomic E-state index is 0.119. The second-order valence-corrected chi connectivity index (χ2v) is 9.13. The first-order valence-electron chi connectivity index (χ1n) is 8.41. The van der Waals surface area contributed by atoms with E-state index in [1.165, 1.54) is 12.1 Å².